The van der Waals surface area contributed by atoms with Crippen LogP contribution in [0.1, 0.15) is 15.9 Å². The van der Waals surface area contributed by atoms with Crippen LogP contribution in [0, 0.1) is 5.82 Å². The molecule has 0 unspecified atom stereocenters. The van der Waals surface area contributed by atoms with Gasteiger partial charge in [-0.05, 0) is 23.8 Å². The highest BCUT2D eigenvalue weighted by Gasteiger charge is 2.39. The average molecular weight is 365 g/mol. The molecule has 0 aliphatic carbocycles. The summed E-state index contributed by atoms with van der Waals surface area (Å²) >= 11 is 6.59. The van der Waals surface area contributed by atoms with Crippen LogP contribution in [0.15, 0.2) is 30.6 Å². The van der Waals surface area contributed by atoms with Gasteiger partial charge >= 0.3 is 6.18 Å². The molecule has 1 aromatic heterocycles. The molecule has 0 spiro atoms. The fraction of sp³-hybridized carbons (Fsp3) is 0.143. The molecular formula is C14H9ClF4N2OS. The van der Waals surface area contributed by atoms with Gasteiger partial charge in [0, 0.05) is 24.2 Å². The van der Waals surface area contributed by atoms with Crippen LogP contribution >= 0.6 is 23.5 Å². The first-order valence-corrected chi connectivity index (χ1v) is 7.70. The quantitative estimate of drug-likeness (QED) is 0.641. The zero-order valence-electron chi connectivity index (χ0n) is 11.5. The van der Waals surface area contributed by atoms with Crippen LogP contribution in [-0.2, 0) is 6.18 Å². The third kappa shape index (κ3) is 3.59. The van der Waals surface area contributed by atoms with E-state index in [1.165, 1.54) is 30.8 Å². The lowest BCUT2D eigenvalue weighted by molar-refractivity contribution is -0.137. The number of hydrogen-bond acceptors (Lipinski definition) is 3. The molecule has 0 aliphatic rings. The van der Waals surface area contributed by atoms with Gasteiger partial charge in [0.25, 0.3) is 5.91 Å². The van der Waals surface area contributed by atoms with Crippen molar-refractivity contribution in [2.75, 3.05) is 6.26 Å². The van der Waals surface area contributed by atoms with E-state index in [2.05, 4.69) is 9.71 Å². The maximum absolute atomic E-state index is 14.7. The molecule has 0 saturated carbocycles. The normalized spacial score (nSPS) is 11.4. The zero-order chi connectivity index (χ0) is 17.2. The molecule has 2 aromatic rings. The monoisotopic (exact) mass is 364 g/mol. The fourth-order valence-corrected chi connectivity index (χ4v) is 2.61. The van der Waals surface area contributed by atoms with Gasteiger partial charge in [0.1, 0.15) is 5.82 Å². The number of carbonyl (C=O) groups excluding carboxylic acids is 1. The average Bonchev–Trinajstić information content (AvgIpc) is 2.48. The smallest absolute Gasteiger partial charge is 0.296 e. The molecule has 0 radical (unpaired) electrons. The molecule has 0 fully saturated rings. The van der Waals surface area contributed by atoms with E-state index in [1.807, 2.05) is 0 Å². The molecular weight excluding hydrogens is 356 g/mol. The summed E-state index contributed by atoms with van der Waals surface area (Å²) in [6.07, 6.45) is -0.925. The minimum atomic E-state index is -4.88. The van der Waals surface area contributed by atoms with Crippen molar-refractivity contribution in [2.45, 2.75) is 6.18 Å². The summed E-state index contributed by atoms with van der Waals surface area (Å²) in [4.78, 5) is 15.5. The Hall–Kier alpha value is -1.80. The largest absolute Gasteiger partial charge is 0.418 e. The number of pyridine rings is 1. The van der Waals surface area contributed by atoms with E-state index in [0.717, 1.165) is 11.9 Å². The summed E-state index contributed by atoms with van der Waals surface area (Å²) in [7, 11) is 0. The third-order valence-electron chi connectivity index (χ3n) is 2.91. The van der Waals surface area contributed by atoms with Crippen molar-refractivity contribution in [3.8, 4) is 11.1 Å². The maximum atomic E-state index is 14.7. The van der Waals surface area contributed by atoms with E-state index in [1.54, 1.807) is 0 Å². The maximum Gasteiger partial charge on any atom is 0.418 e. The lowest BCUT2D eigenvalue weighted by Crippen LogP contribution is -2.19. The summed E-state index contributed by atoms with van der Waals surface area (Å²) in [5.74, 6) is -2.17. The van der Waals surface area contributed by atoms with E-state index < -0.39 is 39.6 Å². The molecule has 1 N–H and O–H groups in total. The van der Waals surface area contributed by atoms with E-state index in [9.17, 15) is 22.4 Å². The highest BCUT2D eigenvalue weighted by molar-refractivity contribution is 7.97. The summed E-state index contributed by atoms with van der Waals surface area (Å²) in [6, 6.07) is 3.09. The fourth-order valence-electron chi connectivity index (χ4n) is 2.01. The molecule has 23 heavy (non-hydrogen) atoms. The van der Waals surface area contributed by atoms with E-state index in [0.29, 0.717) is 6.07 Å². The van der Waals surface area contributed by atoms with Crippen molar-refractivity contribution in [3.63, 3.8) is 0 Å². The minimum Gasteiger partial charge on any atom is -0.296 e. The molecule has 0 saturated heterocycles. The van der Waals surface area contributed by atoms with E-state index >= 15 is 0 Å². The van der Waals surface area contributed by atoms with Crippen LogP contribution < -0.4 is 4.72 Å². The summed E-state index contributed by atoms with van der Waals surface area (Å²) in [6.45, 7) is 0. The lowest BCUT2D eigenvalue weighted by Gasteiger charge is -2.17. The Morgan fingerprint density at radius 2 is 1.91 bits per heavy atom. The Balaban J connectivity index is 2.81. The first-order valence-electron chi connectivity index (χ1n) is 6.10. The van der Waals surface area contributed by atoms with Gasteiger partial charge < -0.3 is 0 Å². The van der Waals surface area contributed by atoms with Gasteiger partial charge in [0.05, 0.1) is 16.1 Å². The third-order valence-corrected chi connectivity index (χ3v) is 3.60. The van der Waals surface area contributed by atoms with Gasteiger partial charge in [0.2, 0.25) is 0 Å². The number of benzene rings is 1. The van der Waals surface area contributed by atoms with Crippen molar-refractivity contribution in [2.24, 2.45) is 0 Å². The first-order chi connectivity index (χ1) is 10.8. The van der Waals surface area contributed by atoms with Crippen LogP contribution in [0.5, 0.6) is 0 Å². The standard InChI is InChI=1S/C14H9ClF4N2OS/c1-23-21-13(22)8-6-9(15)11(14(17,18)19)10(12(8)16)7-2-4-20-5-3-7/h2-6H,1H3,(H,21,22). The number of carbonyl (C=O) groups is 1. The molecule has 1 aromatic carbocycles. The van der Waals surface area contributed by atoms with Crippen molar-refractivity contribution >= 4 is 29.5 Å². The van der Waals surface area contributed by atoms with Gasteiger partial charge in [0.15, 0.2) is 0 Å². The van der Waals surface area contributed by atoms with E-state index in [-0.39, 0.29) is 5.56 Å². The van der Waals surface area contributed by atoms with Crippen LogP contribution in [0.3, 0.4) is 0 Å². The zero-order valence-corrected chi connectivity index (χ0v) is 13.1. The Morgan fingerprint density at radius 3 is 2.43 bits per heavy atom. The topological polar surface area (TPSA) is 42.0 Å². The number of amides is 1. The number of nitrogens with one attached hydrogen (secondary N) is 1. The minimum absolute atomic E-state index is 0.0782. The van der Waals surface area contributed by atoms with Crippen LogP contribution in [0.4, 0.5) is 17.6 Å². The van der Waals surface area contributed by atoms with Crippen molar-refractivity contribution in [1.29, 1.82) is 0 Å². The Kier molecular flexibility index (Phi) is 5.16. The molecule has 1 heterocycles. The molecule has 9 heteroatoms. The van der Waals surface area contributed by atoms with Crippen molar-refractivity contribution in [1.82, 2.24) is 9.71 Å². The SMILES string of the molecule is CSNC(=O)c1cc(Cl)c(C(F)(F)F)c(-c2ccncc2)c1F. The second-order valence-electron chi connectivity index (χ2n) is 4.34. The van der Waals surface area contributed by atoms with Gasteiger partial charge in [-0.1, -0.05) is 23.5 Å². The number of hydrogen-bond donors (Lipinski definition) is 1. The molecule has 122 valence electrons. The predicted octanol–water partition coefficient (Wildman–Crippen LogP) is 4.57. The number of rotatable bonds is 3. The van der Waals surface area contributed by atoms with Gasteiger partial charge in [-0.25, -0.2) is 4.39 Å². The van der Waals surface area contributed by atoms with Crippen LogP contribution in [0.2, 0.25) is 5.02 Å². The Bertz CT molecular complexity index is 738. The number of alkyl halides is 3. The number of nitrogens with zero attached hydrogens (tertiary/aromatic N) is 1. The lowest BCUT2D eigenvalue weighted by atomic mass is 9.96. The van der Waals surface area contributed by atoms with E-state index in [4.69, 9.17) is 11.6 Å². The molecule has 3 nitrogen and oxygen atoms in total. The van der Waals surface area contributed by atoms with Gasteiger partial charge in [-0.3, -0.25) is 14.5 Å². The highest BCUT2D eigenvalue weighted by atomic mass is 35.5. The summed E-state index contributed by atoms with van der Waals surface area (Å²) < 4.78 is 56.8. The number of aromatic nitrogens is 1. The van der Waals surface area contributed by atoms with Crippen LogP contribution in [-0.4, -0.2) is 17.1 Å². The molecule has 0 aliphatic heterocycles. The second-order valence-corrected chi connectivity index (χ2v) is 5.36. The summed E-state index contributed by atoms with van der Waals surface area (Å²) in [5, 5.41) is -0.753. The van der Waals surface area contributed by atoms with Gasteiger partial charge in [-0.2, -0.15) is 13.2 Å². The number of halogens is 5. The van der Waals surface area contributed by atoms with Crippen molar-refractivity contribution in [3.05, 3.63) is 52.6 Å². The summed E-state index contributed by atoms with van der Waals surface area (Å²) in [5.41, 5.74) is -2.75. The molecule has 0 atom stereocenters. The second kappa shape index (κ2) is 6.76. The molecule has 2 rings (SSSR count). The van der Waals surface area contributed by atoms with Crippen LogP contribution in [0.25, 0.3) is 11.1 Å². The molecule has 1 amide bonds. The predicted molar refractivity (Wildman–Crippen MR) is 80.6 cm³/mol. The molecule has 0 bridgehead atoms. The van der Waals surface area contributed by atoms with Gasteiger partial charge in [-0.15, -0.1) is 0 Å². The first kappa shape index (κ1) is 17.6. The Labute approximate surface area is 138 Å². The van der Waals surface area contributed by atoms with Crippen molar-refractivity contribution < 1.29 is 22.4 Å². The highest BCUT2D eigenvalue weighted by Crippen LogP contribution is 2.43. The Morgan fingerprint density at radius 1 is 1.30 bits per heavy atom.